The highest BCUT2D eigenvalue weighted by atomic mass is 16.2. The first-order valence-electron chi connectivity index (χ1n) is 10.8. The van der Waals surface area contributed by atoms with Gasteiger partial charge in [-0.3, -0.25) is 9.13 Å². The van der Waals surface area contributed by atoms with Crippen LogP contribution in [-0.4, -0.2) is 25.1 Å². The molecule has 2 heterocycles. The number of hydrogen-bond donors (Lipinski definition) is 2. The molecule has 0 bridgehead atoms. The number of imidazole rings is 1. The van der Waals surface area contributed by atoms with Gasteiger partial charge in [0.25, 0.3) is 0 Å². The second-order valence-electron chi connectivity index (χ2n) is 7.81. The van der Waals surface area contributed by atoms with Crippen molar-refractivity contribution < 1.29 is 4.79 Å². The summed E-state index contributed by atoms with van der Waals surface area (Å²) in [6.07, 6.45) is 4.96. The Hall–Kier alpha value is -4.72. The van der Waals surface area contributed by atoms with E-state index in [-0.39, 0.29) is 11.7 Å². The van der Waals surface area contributed by atoms with Crippen LogP contribution in [0.4, 0.5) is 10.5 Å². The van der Waals surface area contributed by atoms with E-state index in [2.05, 4.69) is 20.6 Å². The van der Waals surface area contributed by atoms with Gasteiger partial charge in [0.1, 0.15) is 6.33 Å². The van der Waals surface area contributed by atoms with Crippen molar-refractivity contribution >= 4 is 22.8 Å². The molecule has 168 valence electrons. The number of amides is 2. The Kier molecular flexibility index (Phi) is 5.85. The summed E-state index contributed by atoms with van der Waals surface area (Å²) in [5, 5.41) is 5.72. The molecule has 0 aliphatic carbocycles. The third-order valence-corrected chi connectivity index (χ3v) is 5.44. The van der Waals surface area contributed by atoms with Gasteiger partial charge in [-0.2, -0.15) is 0 Å². The molecule has 34 heavy (non-hydrogen) atoms. The van der Waals surface area contributed by atoms with E-state index in [4.69, 9.17) is 0 Å². The molecule has 3 aromatic carbocycles. The number of nitrogens with zero attached hydrogens (tertiary/aromatic N) is 4. The molecule has 0 atom stereocenters. The third-order valence-electron chi connectivity index (χ3n) is 5.44. The maximum atomic E-state index is 12.4. The summed E-state index contributed by atoms with van der Waals surface area (Å²) in [6, 6.07) is 24.7. The highest BCUT2D eigenvalue weighted by Gasteiger charge is 2.06. The van der Waals surface area contributed by atoms with Crippen LogP contribution in [0.2, 0.25) is 0 Å². The molecule has 2 N–H and O–H groups in total. The molecule has 8 heteroatoms. The minimum absolute atomic E-state index is 0.305. The Labute approximate surface area is 195 Å². The summed E-state index contributed by atoms with van der Waals surface area (Å²) < 4.78 is 3.54. The number of para-hydroxylation sites is 2. The molecular formula is C26H22N6O2. The van der Waals surface area contributed by atoms with E-state index in [1.165, 1.54) is 10.8 Å². The number of carbonyl (C=O) groups is 1. The van der Waals surface area contributed by atoms with Gasteiger partial charge in [0.05, 0.1) is 17.6 Å². The van der Waals surface area contributed by atoms with Crippen molar-refractivity contribution in [3.8, 4) is 5.69 Å². The van der Waals surface area contributed by atoms with Gasteiger partial charge < -0.3 is 10.6 Å². The molecule has 0 unspecified atom stereocenters. The quantitative estimate of drug-likeness (QED) is 0.410. The predicted molar refractivity (Wildman–Crippen MR) is 131 cm³/mol. The van der Waals surface area contributed by atoms with Gasteiger partial charge in [0.15, 0.2) is 0 Å². The zero-order chi connectivity index (χ0) is 23.3. The van der Waals surface area contributed by atoms with Crippen LogP contribution in [0.5, 0.6) is 0 Å². The fourth-order valence-corrected chi connectivity index (χ4v) is 3.75. The number of fused-ring (bicyclic) bond motifs is 1. The summed E-state index contributed by atoms with van der Waals surface area (Å²) in [7, 11) is 0. The molecule has 0 saturated heterocycles. The molecule has 0 aliphatic heterocycles. The number of urea groups is 1. The van der Waals surface area contributed by atoms with Gasteiger partial charge in [-0.15, -0.1) is 0 Å². The first-order chi connectivity index (χ1) is 16.7. The number of carbonyl (C=O) groups excluding carboxylic acids is 1. The largest absolute Gasteiger partial charge is 0.347 e. The second kappa shape index (κ2) is 9.41. The molecule has 0 spiro atoms. The van der Waals surface area contributed by atoms with Crippen LogP contribution in [0, 0.1) is 0 Å². The van der Waals surface area contributed by atoms with Gasteiger partial charge in [-0.1, -0.05) is 36.4 Å². The highest BCUT2D eigenvalue weighted by Crippen LogP contribution is 2.18. The minimum Gasteiger partial charge on any atom is -0.334 e. The number of anilines is 1. The minimum atomic E-state index is -0.314. The fraction of sp³-hybridized carbons (Fsp3) is 0.0769. The summed E-state index contributed by atoms with van der Waals surface area (Å²) in [5.74, 6) is 0. The molecular weight excluding hydrogens is 428 g/mol. The Balaban J connectivity index is 1.19. The molecule has 0 fully saturated rings. The zero-order valence-electron chi connectivity index (χ0n) is 18.3. The first kappa shape index (κ1) is 21.1. The topological polar surface area (TPSA) is 93.8 Å². The fourth-order valence-electron chi connectivity index (χ4n) is 3.75. The summed E-state index contributed by atoms with van der Waals surface area (Å²) in [5.41, 5.74) is 5.19. The van der Waals surface area contributed by atoms with Crippen LogP contribution >= 0.6 is 0 Å². The van der Waals surface area contributed by atoms with Gasteiger partial charge >= 0.3 is 11.7 Å². The van der Waals surface area contributed by atoms with Crippen molar-refractivity contribution in [2.45, 2.75) is 13.1 Å². The molecule has 0 saturated carbocycles. The second-order valence-corrected chi connectivity index (χ2v) is 7.81. The van der Waals surface area contributed by atoms with Crippen LogP contribution in [0.1, 0.15) is 11.1 Å². The predicted octanol–water partition coefficient (Wildman–Crippen LogP) is 3.95. The van der Waals surface area contributed by atoms with Gasteiger partial charge in [0.2, 0.25) is 0 Å². The van der Waals surface area contributed by atoms with Gasteiger partial charge in [-0.25, -0.2) is 19.6 Å². The molecule has 0 aliphatic rings. The Morgan fingerprint density at radius 3 is 2.59 bits per heavy atom. The number of nitrogens with one attached hydrogen (secondary N) is 2. The van der Waals surface area contributed by atoms with Crippen molar-refractivity contribution in [2.75, 3.05) is 5.32 Å². The first-order valence-corrected chi connectivity index (χ1v) is 10.8. The van der Waals surface area contributed by atoms with Crippen LogP contribution in [0.3, 0.4) is 0 Å². The van der Waals surface area contributed by atoms with Gasteiger partial charge in [-0.05, 0) is 53.6 Å². The number of benzene rings is 3. The van der Waals surface area contributed by atoms with Crippen molar-refractivity contribution in [3.63, 3.8) is 0 Å². The van der Waals surface area contributed by atoms with E-state index in [1.54, 1.807) is 18.3 Å². The summed E-state index contributed by atoms with van der Waals surface area (Å²) in [6.45, 7) is 0.768. The lowest BCUT2D eigenvalue weighted by molar-refractivity contribution is 0.251. The lowest BCUT2D eigenvalue weighted by Crippen LogP contribution is -2.28. The van der Waals surface area contributed by atoms with Crippen LogP contribution in [0.25, 0.3) is 16.7 Å². The van der Waals surface area contributed by atoms with Crippen molar-refractivity contribution in [1.82, 2.24) is 24.4 Å². The van der Waals surface area contributed by atoms with Crippen LogP contribution in [-0.2, 0) is 13.1 Å². The third kappa shape index (κ3) is 4.71. The van der Waals surface area contributed by atoms with E-state index in [0.29, 0.717) is 18.8 Å². The number of aromatic nitrogens is 4. The Morgan fingerprint density at radius 2 is 1.74 bits per heavy atom. The van der Waals surface area contributed by atoms with Crippen molar-refractivity contribution in [2.24, 2.45) is 0 Å². The normalized spacial score (nSPS) is 10.8. The average Bonchev–Trinajstić information content (AvgIpc) is 3.29. The summed E-state index contributed by atoms with van der Waals surface area (Å²) in [4.78, 5) is 32.4. The van der Waals surface area contributed by atoms with Crippen LogP contribution < -0.4 is 16.3 Å². The summed E-state index contributed by atoms with van der Waals surface area (Å²) >= 11 is 0. The van der Waals surface area contributed by atoms with Crippen molar-refractivity contribution in [3.05, 3.63) is 119 Å². The smallest absolute Gasteiger partial charge is 0.334 e. The van der Waals surface area contributed by atoms with E-state index < -0.39 is 0 Å². The van der Waals surface area contributed by atoms with E-state index in [0.717, 1.165) is 27.8 Å². The SMILES string of the molecule is O=C(NCc1ccc(-n2cnc3ccccc32)cc1)Nc1cccc(Cn2cccnc2=O)c1. The molecule has 5 rings (SSSR count). The zero-order valence-corrected chi connectivity index (χ0v) is 18.3. The maximum Gasteiger partial charge on any atom is 0.347 e. The average molecular weight is 451 g/mol. The number of hydrogen-bond acceptors (Lipinski definition) is 4. The molecule has 5 aromatic rings. The van der Waals surface area contributed by atoms with E-state index in [1.807, 2.05) is 77.6 Å². The molecule has 0 radical (unpaired) electrons. The van der Waals surface area contributed by atoms with E-state index >= 15 is 0 Å². The van der Waals surface area contributed by atoms with Gasteiger partial charge in [0, 0.05) is 30.3 Å². The molecule has 8 nitrogen and oxygen atoms in total. The standard InChI is InChI=1S/C26H22N6O2/c33-25(30-21-6-3-5-20(15-21)17-31-14-4-13-27-26(31)34)28-16-19-9-11-22(12-10-19)32-18-29-23-7-1-2-8-24(23)32/h1-15,18H,16-17H2,(H2,28,30,33). The monoisotopic (exact) mass is 450 g/mol. The number of rotatable bonds is 6. The van der Waals surface area contributed by atoms with Crippen LogP contribution in [0.15, 0.2) is 102 Å². The maximum absolute atomic E-state index is 12.4. The lowest BCUT2D eigenvalue weighted by atomic mass is 10.2. The van der Waals surface area contributed by atoms with E-state index in [9.17, 15) is 9.59 Å². The Bertz CT molecular complexity index is 1500. The molecule has 2 aromatic heterocycles. The Morgan fingerprint density at radius 1 is 0.882 bits per heavy atom. The lowest BCUT2D eigenvalue weighted by Gasteiger charge is -2.10. The molecule has 2 amide bonds. The van der Waals surface area contributed by atoms with Crippen molar-refractivity contribution in [1.29, 1.82) is 0 Å². The highest BCUT2D eigenvalue weighted by molar-refractivity contribution is 5.89.